The number of hydrogen-bond acceptors (Lipinski definition) is 0. The van der Waals surface area contributed by atoms with E-state index in [0.29, 0.717) is 0 Å². The van der Waals surface area contributed by atoms with Crippen molar-refractivity contribution in [2.45, 2.75) is 31.1 Å². The lowest BCUT2D eigenvalue weighted by Gasteiger charge is -2.46. The number of hydrogen-bond donors (Lipinski definition) is 0. The number of halogens is 1. The highest BCUT2D eigenvalue weighted by Crippen LogP contribution is 2.62. The molecule has 0 bridgehead atoms. The number of rotatable bonds is 2. The average molecular weight is 483 g/mol. The van der Waals surface area contributed by atoms with Crippen LogP contribution >= 0.6 is 11.6 Å². The standard InChI is InChI=1S/C35H27Cl/c1-34(2)28-12-6-8-14-30(28)35(31-15-9-7-13-29(31)34)32-21-24(20-23-10-4-3-5-11-23)16-18-26(32)27-19-17-25(36)22-33(27)35/h3-19,21-22H,20H2,1-2H3. The van der Waals surface area contributed by atoms with E-state index in [9.17, 15) is 0 Å². The van der Waals surface area contributed by atoms with Crippen LogP contribution in [0.3, 0.4) is 0 Å². The van der Waals surface area contributed by atoms with Crippen LogP contribution in [-0.2, 0) is 17.3 Å². The van der Waals surface area contributed by atoms with Gasteiger partial charge in [-0.2, -0.15) is 0 Å². The van der Waals surface area contributed by atoms with Gasteiger partial charge in [0.2, 0.25) is 0 Å². The fourth-order valence-electron chi connectivity index (χ4n) is 6.87. The SMILES string of the molecule is CC1(C)c2ccccc2C2(c3cc(Cl)ccc3-c3ccc(Cc4ccccc4)cc32)c2ccccc21. The van der Waals surface area contributed by atoms with E-state index in [1.54, 1.807) is 0 Å². The third-order valence-electron chi connectivity index (χ3n) is 8.42. The minimum absolute atomic E-state index is 0.0957. The Morgan fingerprint density at radius 1 is 0.500 bits per heavy atom. The van der Waals surface area contributed by atoms with Gasteiger partial charge in [0.15, 0.2) is 0 Å². The van der Waals surface area contributed by atoms with Gasteiger partial charge in [0.25, 0.3) is 0 Å². The lowest BCUT2D eigenvalue weighted by atomic mass is 9.55. The van der Waals surface area contributed by atoms with Crippen molar-refractivity contribution >= 4 is 11.6 Å². The molecule has 0 saturated carbocycles. The fourth-order valence-corrected chi connectivity index (χ4v) is 7.04. The van der Waals surface area contributed by atoms with Gasteiger partial charge in [0.1, 0.15) is 0 Å². The molecule has 1 heteroatoms. The lowest BCUT2D eigenvalue weighted by Crippen LogP contribution is -2.40. The molecule has 0 aromatic heterocycles. The predicted octanol–water partition coefficient (Wildman–Crippen LogP) is 8.93. The van der Waals surface area contributed by atoms with Gasteiger partial charge < -0.3 is 0 Å². The maximum absolute atomic E-state index is 6.72. The summed E-state index contributed by atoms with van der Waals surface area (Å²) in [6.45, 7) is 4.72. The molecule has 5 aromatic rings. The van der Waals surface area contributed by atoms with E-state index >= 15 is 0 Å². The Balaban J connectivity index is 1.60. The van der Waals surface area contributed by atoms with Crippen LogP contribution < -0.4 is 0 Å². The number of benzene rings is 5. The molecular weight excluding hydrogens is 456 g/mol. The molecule has 0 fully saturated rings. The van der Waals surface area contributed by atoms with E-state index in [-0.39, 0.29) is 5.41 Å². The van der Waals surface area contributed by atoms with Crippen molar-refractivity contribution in [2.24, 2.45) is 0 Å². The van der Waals surface area contributed by atoms with Crippen molar-refractivity contribution in [3.8, 4) is 11.1 Å². The highest BCUT2D eigenvalue weighted by molar-refractivity contribution is 6.30. The molecule has 174 valence electrons. The van der Waals surface area contributed by atoms with Crippen LogP contribution in [-0.4, -0.2) is 0 Å². The first-order chi connectivity index (χ1) is 17.5. The lowest BCUT2D eigenvalue weighted by molar-refractivity contribution is 0.563. The van der Waals surface area contributed by atoms with Crippen molar-refractivity contribution < 1.29 is 0 Å². The van der Waals surface area contributed by atoms with E-state index in [1.807, 2.05) is 6.07 Å². The Morgan fingerprint density at radius 2 is 1.03 bits per heavy atom. The molecule has 2 aliphatic carbocycles. The van der Waals surface area contributed by atoms with Crippen LogP contribution in [0.4, 0.5) is 0 Å². The summed E-state index contributed by atoms with van der Waals surface area (Å²) >= 11 is 6.72. The van der Waals surface area contributed by atoms with Gasteiger partial charge in [-0.1, -0.05) is 129 Å². The zero-order valence-electron chi connectivity index (χ0n) is 20.6. The third-order valence-corrected chi connectivity index (χ3v) is 8.66. The largest absolute Gasteiger partial charge is 0.0843 e. The second-order valence-corrected chi connectivity index (χ2v) is 11.1. The molecule has 0 N–H and O–H groups in total. The maximum Gasteiger partial charge on any atom is 0.0720 e. The Labute approximate surface area is 218 Å². The molecule has 0 nitrogen and oxygen atoms in total. The van der Waals surface area contributed by atoms with Crippen molar-refractivity contribution in [3.05, 3.63) is 165 Å². The summed E-state index contributed by atoms with van der Waals surface area (Å²) < 4.78 is 0. The minimum Gasteiger partial charge on any atom is -0.0843 e. The van der Waals surface area contributed by atoms with E-state index < -0.39 is 5.41 Å². The monoisotopic (exact) mass is 482 g/mol. The summed E-state index contributed by atoms with van der Waals surface area (Å²) in [5, 5.41) is 0.783. The van der Waals surface area contributed by atoms with Gasteiger partial charge in [-0.15, -0.1) is 0 Å². The minimum atomic E-state index is -0.398. The van der Waals surface area contributed by atoms with Gasteiger partial charge >= 0.3 is 0 Å². The topological polar surface area (TPSA) is 0 Å². The van der Waals surface area contributed by atoms with Crippen molar-refractivity contribution in [2.75, 3.05) is 0 Å². The third kappa shape index (κ3) is 2.83. The zero-order valence-corrected chi connectivity index (χ0v) is 21.3. The average Bonchev–Trinajstić information content (AvgIpc) is 3.18. The van der Waals surface area contributed by atoms with Gasteiger partial charge in [-0.25, -0.2) is 0 Å². The molecule has 36 heavy (non-hydrogen) atoms. The van der Waals surface area contributed by atoms with Gasteiger partial charge in [0, 0.05) is 10.4 Å². The molecule has 0 heterocycles. The smallest absolute Gasteiger partial charge is 0.0720 e. The Kier molecular flexibility index (Phi) is 4.63. The van der Waals surface area contributed by atoms with Crippen LogP contribution in [0.5, 0.6) is 0 Å². The summed E-state index contributed by atoms with van der Waals surface area (Å²) in [4.78, 5) is 0. The first-order valence-electron chi connectivity index (χ1n) is 12.7. The molecule has 0 radical (unpaired) electrons. The molecule has 5 aromatic carbocycles. The molecule has 7 rings (SSSR count). The normalized spacial score (nSPS) is 15.6. The second-order valence-electron chi connectivity index (χ2n) is 10.7. The highest BCUT2D eigenvalue weighted by atomic mass is 35.5. The molecular formula is C35H27Cl. The van der Waals surface area contributed by atoms with E-state index in [0.717, 1.165) is 11.4 Å². The summed E-state index contributed by atoms with van der Waals surface area (Å²) in [5.74, 6) is 0. The molecule has 0 aliphatic heterocycles. The molecule has 0 saturated heterocycles. The van der Waals surface area contributed by atoms with Crippen LogP contribution in [0.25, 0.3) is 11.1 Å². The van der Waals surface area contributed by atoms with Crippen molar-refractivity contribution in [1.82, 2.24) is 0 Å². The Hall–Kier alpha value is -3.61. The van der Waals surface area contributed by atoms with Crippen LogP contribution in [0.2, 0.25) is 5.02 Å². The second kappa shape index (κ2) is 7.69. The van der Waals surface area contributed by atoms with Crippen LogP contribution in [0.1, 0.15) is 58.4 Å². The molecule has 0 amide bonds. The van der Waals surface area contributed by atoms with Crippen molar-refractivity contribution in [3.63, 3.8) is 0 Å². The van der Waals surface area contributed by atoms with E-state index in [4.69, 9.17) is 11.6 Å². The zero-order chi connectivity index (χ0) is 24.5. The summed E-state index contributed by atoms with van der Waals surface area (Å²) in [7, 11) is 0. The molecule has 0 unspecified atom stereocenters. The fraction of sp³-hybridized carbons (Fsp3) is 0.143. The van der Waals surface area contributed by atoms with E-state index in [1.165, 1.54) is 55.6 Å². The molecule has 2 aliphatic rings. The number of fused-ring (bicyclic) bond motifs is 9. The highest BCUT2D eigenvalue weighted by Gasteiger charge is 2.53. The van der Waals surface area contributed by atoms with Crippen LogP contribution in [0.15, 0.2) is 115 Å². The molecule has 0 atom stereocenters. The molecule has 1 spiro atoms. The maximum atomic E-state index is 6.72. The Bertz CT molecular complexity index is 1590. The van der Waals surface area contributed by atoms with Crippen LogP contribution in [0, 0.1) is 0 Å². The van der Waals surface area contributed by atoms with Crippen molar-refractivity contribution in [1.29, 1.82) is 0 Å². The first-order valence-corrected chi connectivity index (χ1v) is 13.1. The Morgan fingerprint density at radius 3 is 1.67 bits per heavy atom. The van der Waals surface area contributed by atoms with Gasteiger partial charge in [-0.05, 0) is 74.2 Å². The first kappa shape index (κ1) is 21.7. The summed E-state index contributed by atoms with van der Waals surface area (Å²) in [5.41, 5.74) is 12.9. The van der Waals surface area contributed by atoms with E-state index in [2.05, 4.69) is 123 Å². The quantitative estimate of drug-likeness (QED) is 0.231. The van der Waals surface area contributed by atoms with Gasteiger partial charge in [0.05, 0.1) is 5.41 Å². The summed E-state index contributed by atoms with van der Waals surface area (Å²) in [6.07, 6.45) is 0.913. The van der Waals surface area contributed by atoms with Gasteiger partial charge in [-0.3, -0.25) is 0 Å². The summed E-state index contributed by atoms with van der Waals surface area (Å²) in [6, 6.07) is 42.4. The predicted molar refractivity (Wildman–Crippen MR) is 150 cm³/mol.